The molecular formula is C18H9ClF6N4S. The summed E-state index contributed by atoms with van der Waals surface area (Å²) in [5.74, 6) is 0.184. The van der Waals surface area contributed by atoms with Crippen molar-refractivity contribution in [2.75, 3.05) is 5.32 Å². The molecule has 0 spiro atoms. The van der Waals surface area contributed by atoms with E-state index < -0.39 is 23.5 Å². The zero-order chi connectivity index (χ0) is 21.7. The first kappa shape index (κ1) is 20.5. The van der Waals surface area contributed by atoms with Gasteiger partial charge in [-0.25, -0.2) is 9.97 Å². The van der Waals surface area contributed by atoms with Gasteiger partial charge in [0.15, 0.2) is 11.0 Å². The summed E-state index contributed by atoms with van der Waals surface area (Å²) in [5.41, 5.74) is -1.42. The summed E-state index contributed by atoms with van der Waals surface area (Å²) in [5, 5.41) is 4.05. The molecule has 4 aromatic rings. The third-order valence-electron chi connectivity index (χ3n) is 4.11. The lowest BCUT2D eigenvalue weighted by molar-refractivity contribution is -0.138. The van der Waals surface area contributed by atoms with Crippen LogP contribution in [0.4, 0.5) is 37.2 Å². The topological polar surface area (TPSA) is 53.6 Å². The quantitative estimate of drug-likeness (QED) is 0.319. The zero-order valence-electron chi connectivity index (χ0n) is 14.5. The van der Waals surface area contributed by atoms with Crippen LogP contribution in [0.2, 0.25) is 5.02 Å². The van der Waals surface area contributed by atoms with E-state index in [1.54, 1.807) is 0 Å². The summed E-state index contributed by atoms with van der Waals surface area (Å²) < 4.78 is 78.2. The SMILES string of the molecule is FC(F)(F)c1ccc2[nH]c(-c3csc(Nc4c(Cl)cccc4C(F)(F)F)n3)nc2c1. The van der Waals surface area contributed by atoms with Gasteiger partial charge in [-0.05, 0) is 30.3 Å². The van der Waals surface area contributed by atoms with E-state index in [-0.39, 0.29) is 32.9 Å². The number of rotatable bonds is 3. The van der Waals surface area contributed by atoms with E-state index >= 15 is 0 Å². The van der Waals surface area contributed by atoms with Crippen LogP contribution in [0.1, 0.15) is 11.1 Å². The Balaban J connectivity index is 1.66. The number of alkyl halides is 6. The van der Waals surface area contributed by atoms with Gasteiger partial charge in [-0.3, -0.25) is 0 Å². The fourth-order valence-corrected chi connectivity index (χ4v) is 3.66. The average Bonchev–Trinajstić information content (AvgIpc) is 3.27. The van der Waals surface area contributed by atoms with Gasteiger partial charge in [0.1, 0.15) is 5.69 Å². The van der Waals surface area contributed by atoms with Crippen LogP contribution >= 0.6 is 22.9 Å². The van der Waals surface area contributed by atoms with Gasteiger partial charge in [0.25, 0.3) is 0 Å². The highest BCUT2D eigenvalue weighted by Gasteiger charge is 2.34. The number of fused-ring (bicyclic) bond motifs is 1. The number of nitrogens with one attached hydrogen (secondary N) is 2. The molecule has 0 aliphatic rings. The number of H-pyrrole nitrogens is 1. The second kappa shape index (κ2) is 7.17. The number of hydrogen-bond acceptors (Lipinski definition) is 4. The highest BCUT2D eigenvalue weighted by atomic mass is 35.5. The Bertz CT molecular complexity index is 1230. The van der Waals surface area contributed by atoms with Gasteiger partial charge in [0.2, 0.25) is 0 Å². The van der Waals surface area contributed by atoms with Gasteiger partial charge in [0.05, 0.1) is 32.9 Å². The van der Waals surface area contributed by atoms with Crippen molar-refractivity contribution in [2.24, 2.45) is 0 Å². The van der Waals surface area contributed by atoms with Crippen molar-refractivity contribution in [1.82, 2.24) is 15.0 Å². The molecule has 2 aromatic heterocycles. The van der Waals surface area contributed by atoms with Crippen molar-refractivity contribution in [3.8, 4) is 11.5 Å². The van der Waals surface area contributed by atoms with Crippen molar-refractivity contribution in [3.63, 3.8) is 0 Å². The van der Waals surface area contributed by atoms with Crippen molar-refractivity contribution in [1.29, 1.82) is 0 Å². The smallest absolute Gasteiger partial charge is 0.337 e. The molecule has 156 valence electrons. The van der Waals surface area contributed by atoms with E-state index in [4.69, 9.17) is 11.6 Å². The van der Waals surface area contributed by atoms with Crippen LogP contribution in [-0.2, 0) is 12.4 Å². The molecule has 0 bridgehead atoms. The molecule has 0 aliphatic heterocycles. The molecule has 12 heteroatoms. The summed E-state index contributed by atoms with van der Waals surface area (Å²) in [6.07, 6.45) is -9.13. The summed E-state index contributed by atoms with van der Waals surface area (Å²) in [6.45, 7) is 0. The lowest BCUT2D eigenvalue weighted by Gasteiger charge is -2.14. The maximum atomic E-state index is 13.2. The highest BCUT2D eigenvalue weighted by molar-refractivity contribution is 7.14. The zero-order valence-corrected chi connectivity index (χ0v) is 16.1. The molecule has 4 rings (SSSR count). The third-order valence-corrected chi connectivity index (χ3v) is 5.18. The van der Waals surface area contributed by atoms with Crippen LogP contribution in [0, 0.1) is 0 Å². The minimum Gasteiger partial charge on any atom is -0.337 e. The number of hydrogen-bond donors (Lipinski definition) is 2. The van der Waals surface area contributed by atoms with E-state index in [1.165, 1.54) is 23.6 Å². The second-order valence-electron chi connectivity index (χ2n) is 6.14. The summed E-state index contributed by atoms with van der Waals surface area (Å²) in [4.78, 5) is 11.1. The number of benzene rings is 2. The predicted octanol–water partition coefficient (Wildman–Crippen LogP) is 7.12. The maximum Gasteiger partial charge on any atom is 0.418 e. The Morgan fingerprint density at radius 2 is 1.73 bits per heavy atom. The van der Waals surface area contributed by atoms with Gasteiger partial charge in [-0.15, -0.1) is 11.3 Å². The molecule has 0 aliphatic carbocycles. The number of thiazole rings is 1. The fourth-order valence-electron chi connectivity index (χ4n) is 2.74. The van der Waals surface area contributed by atoms with E-state index in [0.717, 1.165) is 29.5 Å². The Labute approximate surface area is 173 Å². The largest absolute Gasteiger partial charge is 0.418 e. The van der Waals surface area contributed by atoms with Crippen LogP contribution < -0.4 is 5.32 Å². The predicted molar refractivity (Wildman–Crippen MR) is 102 cm³/mol. The van der Waals surface area contributed by atoms with Crippen LogP contribution in [0.25, 0.3) is 22.6 Å². The molecule has 0 amide bonds. The Hall–Kier alpha value is -2.79. The van der Waals surface area contributed by atoms with Crippen LogP contribution in [-0.4, -0.2) is 15.0 Å². The number of nitrogens with zero attached hydrogens (tertiary/aromatic N) is 2. The van der Waals surface area contributed by atoms with Crippen molar-refractivity contribution >= 4 is 44.8 Å². The second-order valence-corrected chi connectivity index (χ2v) is 7.40. The Morgan fingerprint density at radius 1 is 0.967 bits per heavy atom. The molecule has 0 radical (unpaired) electrons. The van der Waals surface area contributed by atoms with Gasteiger partial charge in [0, 0.05) is 5.38 Å². The first-order valence-corrected chi connectivity index (χ1v) is 9.44. The van der Waals surface area contributed by atoms with E-state index in [2.05, 4.69) is 20.3 Å². The van der Waals surface area contributed by atoms with Crippen LogP contribution in [0.5, 0.6) is 0 Å². The number of imidazole rings is 1. The van der Waals surface area contributed by atoms with Gasteiger partial charge >= 0.3 is 12.4 Å². The van der Waals surface area contributed by atoms with E-state index in [1.807, 2.05) is 0 Å². The molecule has 0 saturated carbocycles. The number of halogens is 7. The third kappa shape index (κ3) is 3.94. The van der Waals surface area contributed by atoms with Crippen molar-refractivity contribution in [2.45, 2.75) is 12.4 Å². The van der Waals surface area contributed by atoms with Gasteiger partial charge in [-0.1, -0.05) is 17.7 Å². The number of anilines is 2. The number of aromatic nitrogens is 3. The van der Waals surface area contributed by atoms with E-state index in [9.17, 15) is 26.3 Å². The molecule has 0 saturated heterocycles. The van der Waals surface area contributed by atoms with Crippen molar-refractivity contribution < 1.29 is 26.3 Å². The number of para-hydroxylation sites is 1. The lowest BCUT2D eigenvalue weighted by atomic mass is 10.1. The standard InChI is InChI=1S/C18H9ClF6N4S/c19-10-3-1-2-9(18(23,24)25)14(10)29-16-28-13(7-30-16)15-26-11-5-4-8(17(20,21)22)6-12(11)27-15/h1-7H,(H,26,27)(H,28,29). The molecule has 4 nitrogen and oxygen atoms in total. The molecule has 0 fully saturated rings. The molecule has 0 unspecified atom stereocenters. The molecule has 0 atom stereocenters. The maximum absolute atomic E-state index is 13.2. The highest BCUT2D eigenvalue weighted by Crippen LogP contribution is 2.40. The molecule has 2 aromatic carbocycles. The summed E-state index contributed by atoms with van der Waals surface area (Å²) in [7, 11) is 0. The first-order valence-electron chi connectivity index (χ1n) is 8.18. The fraction of sp³-hybridized carbons (Fsp3) is 0.111. The normalized spacial score (nSPS) is 12.5. The Kier molecular flexibility index (Phi) is 4.89. The number of aromatic amines is 1. The van der Waals surface area contributed by atoms with Gasteiger partial charge in [-0.2, -0.15) is 26.3 Å². The van der Waals surface area contributed by atoms with Crippen LogP contribution in [0.15, 0.2) is 41.8 Å². The minimum absolute atomic E-state index is 0.0906. The average molecular weight is 463 g/mol. The molecular weight excluding hydrogens is 454 g/mol. The summed E-state index contributed by atoms with van der Waals surface area (Å²) in [6, 6.07) is 6.46. The van der Waals surface area contributed by atoms with E-state index in [0.29, 0.717) is 5.52 Å². The Morgan fingerprint density at radius 3 is 2.43 bits per heavy atom. The monoisotopic (exact) mass is 462 g/mol. The van der Waals surface area contributed by atoms with Gasteiger partial charge < -0.3 is 10.3 Å². The molecule has 2 N–H and O–H groups in total. The molecule has 30 heavy (non-hydrogen) atoms. The summed E-state index contributed by atoms with van der Waals surface area (Å²) >= 11 is 6.91. The van der Waals surface area contributed by atoms with Crippen molar-refractivity contribution in [3.05, 3.63) is 57.9 Å². The first-order chi connectivity index (χ1) is 14.0. The minimum atomic E-state index is -4.62. The van der Waals surface area contributed by atoms with Crippen LogP contribution in [0.3, 0.4) is 0 Å². The lowest BCUT2D eigenvalue weighted by Crippen LogP contribution is -2.09. The molecule has 2 heterocycles.